The number of benzene rings is 3. The second-order valence-corrected chi connectivity index (χ2v) is 12.4. The van der Waals surface area contributed by atoms with E-state index in [4.69, 9.17) is 20.5 Å². The van der Waals surface area contributed by atoms with Crippen LogP contribution in [-0.4, -0.2) is 48.9 Å². The zero-order valence-electron chi connectivity index (χ0n) is 21.6. The molecule has 218 valence electrons. The average Bonchev–Trinajstić information content (AvgIpc) is 3.18. The maximum Gasteiger partial charge on any atom is 0.339 e. The van der Waals surface area contributed by atoms with Crippen molar-refractivity contribution < 1.29 is 36.6 Å². The van der Waals surface area contributed by atoms with Crippen LogP contribution in [0.4, 0.5) is 16.2 Å². The SMILES string of the molecule is COc1cc(/C=C2\SC(=O)N(CC(=O)Nc3ccc(Br)c(Cl)c3)C2=O)ccc1OS(=O)(=O)c1ccc(C)c([N+](=O)[O-])c1. The predicted octanol–water partition coefficient (Wildman–Crippen LogP) is 5.77. The van der Waals surface area contributed by atoms with Crippen LogP contribution in [-0.2, 0) is 19.7 Å². The molecule has 1 saturated heterocycles. The lowest BCUT2D eigenvalue weighted by molar-refractivity contribution is -0.385. The molecule has 1 aliphatic rings. The van der Waals surface area contributed by atoms with Gasteiger partial charge in [-0.25, -0.2) is 0 Å². The summed E-state index contributed by atoms with van der Waals surface area (Å²) in [4.78, 5) is 48.8. The van der Waals surface area contributed by atoms with Crippen LogP contribution in [0.3, 0.4) is 0 Å². The van der Waals surface area contributed by atoms with Crippen LogP contribution < -0.4 is 14.2 Å². The van der Waals surface area contributed by atoms with E-state index in [9.17, 15) is 32.9 Å². The molecule has 1 aliphatic heterocycles. The number of carbonyl (C=O) groups is 3. The first-order chi connectivity index (χ1) is 19.8. The fourth-order valence-corrected chi connectivity index (χ4v) is 5.88. The number of halogens is 2. The number of carbonyl (C=O) groups excluding carboxylic acids is 3. The van der Waals surface area contributed by atoms with Crippen LogP contribution >= 0.6 is 39.3 Å². The normalized spacial score (nSPS) is 14.3. The Hall–Kier alpha value is -3.92. The third-order valence-electron chi connectivity index (χ3n) is 5.73. The lowest BCUT2D eigenvalue weighted by atomic mass is 10.2. The quantitative estimate of drug-likeness (QED) is 0.126. The number of thioether (sulfide) groups is 1. The van der Waals surface area contributed by atoms with Crippen molar-refractivity contribution in [1.29, 1.82) is 0 Å². The first-order valence-corrected chi connectivity index (χ1v) is 15.1. The third kappa shape index (κ3) is 6.92. The maximum atomic E-state index is 12.9. The Kier molecular flexibility index (Phi) is 9.25. The van der Waals surface area contributed by atoms with Gasteiger partial charge in [0.15, 0.2) is 11.5 Å². The van der Waals surface area contributed by atoms with Gasteiger partial charge in [0.2, 0.25) is 5.91 Å². The van der Waals surface area contributed by atoms with Crippen LogP contribution in [0, 0.1) is 17.0 Å². The van der Waals surface area contributed by atoms with Crippen LogP contribution in [0.25, 0.3) is 6.08 Å². The van der Waals surface area contributed by atoms with E-state index in [0.29, 0.717) is 32.5 Å². The van der Waals surface area contributed by atoms with Crippen molar-refractivity contribution in [3.05, 3.63) is 90.2 Å². The summed E-state index contributed by atoms with van der Waals surface area (Å²) in [6.45, 7) is 0.946. The van der Waals surface area contributed by atoms with E-state index in [1.165, 1.54) is 56.5 Å². The van der Waals surface area contributed by atoms with Gasteiger partial charge in [-0.2, -0.15) is 8.42 Å². The van der Waals surface area contributed by atoms with Gasteiger partial charge in [-0.1, -0.05) is 23.7 Å². The van der Waals surface area contributed by atoms with Crippen LogP contribution in [0.5, 0.6) is 11.5 Å². The number of aryl methyl sites for hydroxylation is 1. The highest BCUT2D eigenvalue weighted by molar-refractivity contribution is 9.10. The van der Waals surface area contributed by atoms with E-state index in [-0.39, 0.29) is 27.7 Å². The van der Waals surface area contributed by atoms with Crippen molar-refractivity contribution in [1.82, 2.24) is 4.90 Å². The van der Waals surface area contributed by atoms with E-state index in [1.54, 1.807) is 12.1 Å². The largest absolute Gasteiger partial charge is 0.493 e. The van der Waals surface area contributed by atoms with E-state index < -0.39 is 43.5 Å². The fourth-order valence-electron chi connectivity index (χ4n) is 3.66. The van der Waals surface area contributed by atoms with Gasteiger partial charge in [0.25, 0.3) is 16.8 Å². The van der Waals surface area contributed by atoms with Crippen molar-refractivity contribution in [2.45, 2.75) is 11.8 Å². The Bertz CT molecular complexity index is 1780. The summed E-state index contributed by atoms with van der Waals surface area (Å²) in [5.41, 5.74) is 0.640. The molecule has 0 aliphatic carbocycles. The van der Waals surface area contributed by atoms with Gasteiger partial charge >= 0.3 is 10.1 Å². The number of nitro benzene ring substituents is 1. The fraction of sp³-hybridized carbons (Fsp3) is 0.115. The number of ether oxygens (including phenoxy) is 1. The van der Waals surface area contributed by atoms with Gasteiger partial charge in [-0.15, -0.1) is 0 Å². The molecule has 0 spiro atoms. The summed E-state index contributed by atoms with van der Waals surface area (Å²) in [6.07, 6.45) is 1.38. The summed E-state index contributed by atoms with van der Waals surface area (Å²) in [5.74, 6) is -1.55. The highest BCUT2D eigenvalue weighted by atomic mass is 79.9. The number of methoxy groups -OCH3 is 1. The molecule has 0 bridgehead atoms. The number of anilines is 1. The molecule has 1 fully saturated rings. The number of amides is 3. The molecule has 3 amide bonds. The first-order valence-electron chi connectivity index (χ1n) is 11.7. The molecule has 3 aromatic carbocycles. The zero-order chi connectivity index (χ0) is 30.8. The Labute approximate surface area is 257 Å². The Morgan fingerprint density at radius 1 is 1.14 bits per heavy atom. The van der Waals surface area contributed by atoms with Gasteiger partial charge in [0, 0.05) is 21.8 Å². The van der Waals surface area contributed by atoms with E-state index in [0.717, 1.165) is 11.0 Å². The minimum atomic E-state index is -4.47. The van der Waals surface area contributed by atoms with E-state index in [2.05, 4.69) is 21.2 Å². The molecule has 1 N–H and O–H groups in total. The Balaban J connectivity index is 1.50. The number of imide groups is 1. The molecule has 16 heteroatoms. The number of nitrogens with zero attached hydrogens (tertiary/aromatic N) is 2. The molecule has 12 nitrogen and oxygen atoms in total. The molecule has 0 atom stereocenters. The number of hydrogen-bond donors (Lipinski definition) is 1. The second-order valence-electron chi connectivity index (χ2n) is 8.60. The summed E-state index contributed by atoms with van der Waals surface area (Å²) >= 11 is 9.90. The average molecular weight is 697 g/mol. The minimum absolute atomic E-state index is 0.0230. The van der Waals surface area contributed by atoms with Gasteiger partial charge < -0.3 is 14.2 Å². The number of hydrogen-bond acceptors (Lipinski definition) is 10. The minimum Gasteiger partial charge on any atom is -0.493 e. The van der Waals surface area contributed by atoms with Crippen LogP contribution in [0.1, 0.15) is 11.1 Å². The highest BCUT2D eigenvalue weighted by Gasteiger charge is 2.36. The van der Waals surface area contributed by atoms with Crippen molar-refractivity contribution in [2.75, 3.05) is 19.0 Å². The summed E-state index contributed by atoms with van der Waals surface area (Å²) < 4.78 is 36.7. The highest BCUT2D eigenvalue weighted by Crippen LogP contribution is 2.36. The smallest absolute Gasteiger partial charge is 0.339 e. The maximum absolute atomic E-state index is 12.9. The second kappa shape index (κ2) is 12.5. The zero-order valence-corrected chi connectivity index (χ0v) is 25.6. The first kappa shape index (κ1) is 31.0. The third-order valence-corrected chi connectivity index (χ3v) is 9.10. The van der Waals surface area contributed by atoms with Crippen molar-refractivity contribution in [3.8, 4) is 11.5 Å². The van der Waals surface area contributed by atoms with Gasteiger partial charge in [0.1, 0.15) is 11.4 Å². The summed E-state index contributed by atoms with van der Waals surface area (Å²) in [5, 5.41) is 13.5. The van der Waals surface area contributed by atoms with Crippen molar-refractivity contribution >= 4 is 83.9 Å². The molecule has 4 rings (SSSR count). The molecule has 0 saturated carbocycles. The van der Waals surface area contributed by atoms with Crippen LogP contribution in [0.15, 0.2) is 68.9 Å². The Morgan fingerprint density at radius 2 is 1.88 bits per heavy atom. The number of nitrogens with one attached hydrogen (secondary N) is 1. The van der Waals surface area contributed by atoms with E-state index >= 15 is 0 Å². The van der Waals surface area contributed by atoms with Crippen molar-refractivity contribution in [3.63, 3.8) is 0 Å². The summed E-state index contributed by atoms with van der Waals surface area (Å²) in [6, 6.07) is 12.2. The standard InChI is InChI=1S/C26H19BrClN3O9S2/c1-14-3-6-17(12-20(14)31(35)36)42(37,38)40-21-8-4-15(9-22(21)39-2)10-23-25(33)30(26(34)41-23)13-24(32)29-16-5-7-18(27)19(28)11-16/h3-12H,13H2,1-2H3,(H,29,32)/b23-10-. The predicted molar refractivity (Wildman–Crippen MR) is 159 cm³/mol. The topological polar surface area (TPSA) is 162 Å². The molecule has 0 aromatic heterocycles. The molecule has 0 unspecified atom stereocenters. The van der Waals surface area contributed by atoms with E-state index in [1.807, 2.05) is 0 Å². The monoisotopic (exact) mass is 695 g/mol. The molecule has 3 aromatic rings. The number of rotatable bonds is 9. The number of nitro groups is 1. The molecule has 0 radical (unpaired) electrons. The van der Waals surface area contributed by atoms with Gasteiger partial charge in [-0.3, -0.25) is 29.4 Å². The lowest BCUT2D eigenvalue weighted by Gasteiger charge is -2.13. The molecule has 1 heterocycles. The van der Waals surface area contributed by atoms with Gasteiger partial charge in [0.05, 0.1) is 22.0 Å². The lowest BCUT2D eigenvalue weighted by Crippen LogP contribution is -2.36. The molecular weight excluding hydrogens is 678 g/mol. The Morgan fingerprint density at radius 3 is 2.55 bits per heavy atom. The molecule has 42 heavy (non-hydrogen) atoms. The molecular formula is C26H19BrClN3O9S2. The summed E-state index contributed by atoms with van der Waals surface area (Å²) in [7, 11) is -3.21. The van der Waals surface area contributed by atoms with Crippen molar-refractivity contribution in [2.24, 2.45) is 0 Å². The van der Waals surface area contributed by atoms with Gasteiger partial charge in [-0.05, 0) is 82.7 Å². The van der Waals surface area contributed by atoms with Crippen LogP contribution in [0.2, 0.25) is 5.02 Å².